The Balaban J connectivity index is 1.78. The van der Waals surface area contributed by atoms with Crippen molar-refractivity contribution in [3.8, 4) is 5.75 Å². The van der Waals surface area contributed by atoms with E-state index in [2.05, 4.69) is 5.32 Å². The number of carbonyl (C=O) groups is 1. The molecule has 1 N–H and O–H groups in total. The number of rotatable bonds is 6. The minimum Gasteiger partial charge on any atom is -0.497 e. The van der Waals surface area contributed by atoms with Crippen LogP contribution in [0.2, 0.25) is 5.02 Å². The molecular formula is C18H18ClNO2. The first-order valence-corrected chi connectivity index (χ1v) is 7.39. The van der Waals surface area contributed by atoms with E-state index in [9.17, 15) is 4.79 Å². The van der Waals surface area contributed by atoms with Crippen molar-refractivity contribution in [3.63, 3.8) is 0 Å². The molecule has 0 spiro atoms. The lowest BCUT2D eigenvalue weighted by Gasteiger charge is -2.03. The van der Waals surface area contributed by atoms with Gasteiger partial charge in [0, 0.05) is 17.6 Å². The maximum atomic E-state index is 11.7. The summed E-state index contributed by atoms with van der Waals surface area (Å²) in [7, 11) is 1.62. The van der Waals surface area contributed by atoms with Gasteiger partial charge in [0.25, 0.3) is 0 Å². The molecule has 0 fully saturated rings. The zero-order valence-electron chi connectivity index (χ0n) is 12.4. The Morgan fingerprint density at radius 1 is 1.23 bits per heavy atom. The Kier molecular flexibility index (Phi) is 6.04. The maximum absolute atomic E-state index is 11.7. The van der Waals surface area contributed by atoms with E-state index in [1.54, 1.807) is 13.2 Å². The Hall–Kier alpha value is -2.26. The number of methoxy groups -OCH3 is 1. The van der Waals surface area contributed by atoms with Crippen LogP contribution in [0, 0.1) is 0 Å². The standard InChI is InChI=1S/C18H18ClNO2/c1-22-17-8-5-14(6-9-17)7-10-18(21)20-12-11-15-3-2-4-16(19)13-15/h2-10,13H,11-12H2,1H3,(H,20,21). The van der Waals surface area contributed by atoms with Gasteiger partial charge in [0.05, 0.1) is 7.11 Å². The molecule has 0 heterocycles. The van der Waals surface area contributed by atoms with Gasteiger partial charge < -0.3 is 10.1 Å². The van der Waals surface area contributed by atoms with Crippen LogP contribution in [0.3, 0.4) is 0 Å². The normalized spacial score (nSPS) is 10.6. The molecule has 3 nitrogen and oxygen atoms in total. The second-order valence-electron chi connectivity index (χ2n) is 4.78. The zero-order chi connectivity index (χ0) is 15.8. The van der Waals surface area contributed by atoms with Crippen LogP contribution in [0.4, 0.5) is 0 Å². The highest BCUT2D eigenvalue weighted by atomic mass is 35.5. The summed E-state index contributed by atoms with van der Waals surface area (Å²) >= 11 is 5.92. The zero-order valence-corrected chi connectivity index (χ0v) is 13.1. The number of hydrogen-bond donors (Lipinski definition) is 1. The van der Waals surface area contributed by atoms with Crippen molar-refractivity contribution in [1.82, 2.24) is 5.32 Å². The van der Waals surface area contributed by atoms with E-state index >= 15 is 0 Å². The first kappa shape index (κ1) is 16.1. The van der Waals surface area contributed by atoms with Gasteiger partial charge in [-0.25, -0.2) is 0 Å². The highest BCUT2D eigenvalue weighted by Gasteiger charge is 1.98. The molecule has 0 aliphatic carbocycles. The second-order valence-corrected chi connectivity index (χ2v) is 5.21. The quantitative estimate of drug-likeness (QED) is 0.825. The summed E-state index contributed by atoms with van der Waals surface area (Å²) < 4.78 is 5.09. The molecule has 22 heavy (non-hydrogen) atoms. The van der Waals surface area contributed by atoms with Crippen LogP contribution < -0.4 is 10.1 Å². The van der Waals surface area contributed by atoms with E-state index in [0.717, 1.165) is 23.3 Å². The summed E-state index contributed by atoms with van der Waals surface area (Å²) in [6.45, 7) is 0.576. The summed E-state index contributed by atoms with van der Waals surface area (Å²) in [6.07, 6.45) is 4.05. The van der Waals surface area contributed by atoms with E-state index in [1.165, 1.54) is 6.08 Å². The van der Waals surface area contributed by atoms with Gasteiger partial charge in [-0.2, -0.15) is 0 Å². The number of carbonyl (C=O) groups excluding carboxylic acids is 1. The fraction of sp³-hybridized carbons (Fsp3) is 0.167. The summed E-state index contributed by atoms with van der Waals surface area (Å²) in [5.74, 6) is 0.681. The third kappa shape index (κ3) is 5.26. The van der Waals surface area contributed by atoms with E-state index in [0.29, 0.717) is 11.6 Å². The predicted molar refractivity (Wildman–Crippen MR) is 90.2 cm³/mol. The summed E-state index contributed by atoms with van der Waals surface area (Å²) in [6, 6.07) is 15.1. The molecule has 2 aromatic carbocycles. The van der Waals surface area contributed by atoms with Gasteiger partial charge in [0.2, 0.25) is 5.91 Å². The van der Waals surface area contributed by atoms with Crippen molar-refractivity contribution >= 4 is 23.6 Å². The monoisotopic (exact) mass is 315 g/mol. The Bertz CT molecular complexity index is 650. The van der Waals surface area contributed by atoms with E-state index < -0.39 is 0 Å². The number of nitrogens with one attached hydrogen (secondary N) is 1. The van der Waals surface area contributed by atoms with Gasteiger partial charge in [0.1, 0.15) is 5.75 Å². The minimum atomic E-state index is -0.113. The number of halogens is 1. The molecule has 0 aromatic heterocycles. The third-order valence-corrected chi connectivity index (χ3v) is 3.38. The Morgan fingerprint density at radius 2 is 2.00 bits per heavy atom. The van der Waals surface area contributed by atoms with Crippen LogP contribution in [0.15, 0.2) is 54.6 Å². The van der Waals surface area contributed by atoms with E-state index in [4.69, 9.17) is 16.3 Å². The molecule has 2 aromatic rings. The maximum Gasteiger partial charge on any atom is 0.244 e. The van der Waals surface area contributed by atoms with Crippen molar-refractivity contribution in [3.05, 3.63) is 70.8 Å². The molecule has 0 saturated carbocycles. The summed E-state index contributed by atoms with van der Waals surface area (Å²) in [4.78, 5) is 11.7. The third-order valence-electron chi connectivity index (χ3n) is 3.14. The van der Waals surface area contributed by atoms with Crippen LogP contribution in [-0.4, -0.2) is 19.6 Å². The lowest BCUT2D eigenvalue weighted by atomic mass is 10.1. The van der Waals surface area contributed by atoms with E-state index in [-0.39, 0.29) is 5.91 Å². The highest BCUT2D eigenvalue weighted by Crippen LogP contribution is 2.12. The number of ether oxygens (including phenoxy) is 1. The minimum absolute atomic E-state index is 0.113. The highest BCUT2D eigenvalue weighted by molar-refractivity contribution is 6.30. The van der Waals surface area contributed by atoms with Crippen molar-refractivity contribution in [2.24, 2.45) is 0 Å². The molecule has 4 heteroatoms. The largest absolute Gasteiger partial charge is 0.497 e. The molecule has 114 valence electrons. The molecular weight excluding hydrogens is 298 g/mol. The number of amides is 1. The number of benzene rings is 2. The van der Waals surface area contributed by atoms with Gasteiger partial charge in [0.15, 0.2) is 0 Å². The predicted octanol–water partition coefficient (Wildman–Crippen LogP) is 3.72. The topological polar surface area (TPSA) is 38.3 Å². The Morgan fingerprint density at radius 3 is 2.68 bits per heavy atom. The van der Waals surface area contributed by atoms with Crippen molar-refractivity contribution < 1.29 is 9.53 Å². The Labute approximate surface area is 135 Å². The molecule has 2 rings (SSSR count). The summed E-state index contributed by atoms with van der Waals surface area (Å²) in [5, 5.41) is 3.56. The van der Waals surface area contributed by atoms with Crippen molar-refractivity contribution in [1.29, 1.82) is 0 Å². The first-order valence-electron chi connectivity index (χ1n) is 7.02. The van der Waals surface area contributed by atoms with E-state index in [1.807, 2.05) is 48.5 Å². The average Bonchev–Trinajstić information content (AvgIpc) is 2.53. The second kappa shape index (κ2) is 8.25. The first-order chi connectivity index (χ1) is 10.7. The smallest absolute Gasteiger partial charge is 0.244 e. The fourth-order valence-corrected chi connectivity index (χ4v) is 2.18. The van der Waals surface area contributed by atoms with Gasteiger partial charge >= 0.3 is 0 Å². The van der Waals surface area contributed by atoms with Gasteiger partial charge in [-0.05, 0) is 47.9 Å². The van der Waals surface area contributed by atoms with Crippen molar-refractivity contribution in [2.75, 3.05) is 13.7 Å². The lowest BCUT2D eigenvalue weighted by Crippen LogP contribution is -2.23. The molecule has 0 aliphatic rings. The molecule has 0 aliphatic heterocycles. The van der Waals surface area contributed by atoms with Gasteiger partial charge in [-0.15, -0.1) is 0 Å². The number of hydrogen-bond acceptors (Lipinski definition) is 2. The molecule has 1 amide bonds. The van der Waals surface area contributed by atoms with Gasteiger partial charge in [-0.1, -0.05) is 35.9 Å². The van der Waals surface area contributed by atoms with Crippen LogP contribution in [0.1, 0.15) is 11.1 Å². The average molecular weight is 316 g/mol. The molecule has 0 radical (unpaired) electrons. The molecule has 0 unspecified atom stereocenters. The van der Waals surface area contributed by atoms with Crippen LogP contribution >= 0.6 is 11.6 Å². The van der Waals surface area contributed by atoms with Crippen LogP contribution in [0.25, 0.3) is 6.08 Å². The SMILES string of the molecule is COc1ccc(C=CC(=O)NCCc2cccc(Cl)c2)cc1. The molecule has 0 saturated heterocycles. The molecule has 0 bridgehead atoms. The molecule has 0 atom stereocenters. The summed E-state index contributed by atoms with van der Waals surface area (Å²) in [5.41, 5.74) is 2.05. The van der Waals surface area contributed by atoms with Gasteiger partial charge in [-0.3, -0.25) is 4.79 Å². The lowest BCUT2D eigenvalue weighted by molar-refractivity contribution is -0.116. The fourth-order valence-electron chi connectivity index (χ4n) is 1.97. The van der Waals surface area contributed by atoms with Crippen LogP contribution in [0.5, 0.6) is 5.75 Å². The van der Waals surface area contributed by atoms with Crippen molar-refractivity contribution in [2.45, 2.75) is 6.42 Å². The van der Waals surface area contributed by atoms with Crippen LogP contribution in [-0.2, 0) is 11.2 Å².